The van der Waals surface area contributed by atoms with Crippen LogP contribution < -0.4 is 10.6 Å². The van der Waals surface area contributed by atoms with Crippen molar-refractivity contribution in [1.82, 2.24) is 15.5 Å². The number of rotatable bonds is 7. The molecule has 0 bridgehead atoms. The lowest BCUT2D eigenvalue weighted by Crippen LogP contribution is -2.47. The van der Waals surface area contributed by atoms with Gasteiger partial charge in [-0.15, -0.1) is 0 Å². The minimum atomic E-state index is -0.987. The number of carbonyl (C=O) groups excluding carboxylic acids is 1. The molecule has 0 aliphatic carbocycles. The monoisotopic (exact) mass is 526 g/mol. The van der Waals surface area contributed by atoms with Crippen LogP contribution in [0.1, 0.15) is 57.1 Å². The highest BCUT2D eigenvalue weighted by Gasteiger charge is 2.59. The summed E-state index contributed by atoms with van der Waals surface area (Å²) in [4.78, 5) is 16.1. The topological polar surface area (TPSA) is 68.2 Å². The summed E-state index contributed by atoms with van der Waals surface area (Å²) in [6.45, 7) is 10.1. The van der Waals surface area contributed by atoms with Crippen LogP contribution in [0.15, 0.2) is 48.5 Å². The quantitative estimate of drug-likeness (QED) is 0.497. The molecule has 1 amide bonds. The molecule has 2 aromatic rings. The Balaban J connectivity index is 1.76. The Morgan fingerprint density at radius 1 is 1.14 bits per heavy atom. The second kappa shape index (κ2) is 11.1. The minimum Gasteiger partial charge on any atom is -0.353 e. The van der Waals surface area contributed by atoms with Gasteiger partial charge in [0.1, 0.15) is 5.41 Å². The van der Waals surface area contributed by atoms with Crippen LogP contribution in [0.2, 0.25) is 10.0 Å². The smallest absolute Gasteiger partial charge is 0.237 e. The third-order valence-corrected chi connectivity index (χ3v) is 7.98. The van der Waals surface area contributed by atoms with Crippen molar-refractivity contribution in [3.05, 3.63) is 69.7 Å². The van der Waals surface area contributed by atoms with Gasteiger partial charge in [0.2, 0.25) is 5.91 Å². The molecule has 2 aliphatic rings. The first kappa shape index (κ1) is 26.9. The average molecular weight is 528 g/mol. The number of hydrogen-bond acceptors (Lipinski definition) is 4. The second-order valence-electron chi connectivity index (χ2n) is 11.3. The molecule has 2 N–H and O–H groups in total. The number of nitrogens with one attached hydrogen (secondary N) is 2. The fraction of sp³-hybridized carbons (Fsp3) is 0.517. The second-order valence-corrected chi connectivity index (χ2v) is 12.2. The van der Waals surface area contributed by atoms with Crippen molar-refractivity contribution < 1.29 is 4.79 Å². The zero-order valence-corrected chi connectivity index (χ0v) is 22.9. The molecule has 2 saturated heterocycles. The van der Waals surface area contributed by atoms with E-state index in [0.29, 0.717) is 16.6 Å². The van der Waals surface area contributed by atoms with Crippen LogP contribution in [0.25, 0.3) is 0 Å². The van der Waals surface area contributed by atoms with Crippen molar-refractivity contribution in [2.75, 3.05) is 26.2 Å². The molecule has 2 aromatic carbocycles. The van der Waals surface area contributed by atoms with E-state index in [4.69, 9.17) is 23.2 Å². The fourth-order valence-electron chi connectivity index (χ4n) is 5.91. The summed E-state index contributed by atoms with van der Waals surface area (Å²) in [5, 5.41) is 18.9. The molecule has 0 spiro atoms. The van der Waals surface area contributed by atoms with E-state index in [2.05, 4.69) is 42.4 Å². The summed E-state index contributed by atoms with van der Waals surface area (Å²) in [5.41, 5.74) is 0.683. The molecule has 7 heteroatoms. The highest BCUT2D eigenvalue weighted by Crippen LogP contribution is 2.51. The number of nitriles is 1. The van der Waals surface area contributed by atoms with Gasteiger partial charge in [-0.1, -0.05) is 68.2 Å². The molecule has 0 aromatic heterocycles. The van der Waals surface area contributed by atoms with Crippen LogP contribution in [0.3, 0.4) is 0 Å². The zero-order valence-electron chi connectivity index (χ0n) is 21.4. The van der Waals surface area contributed by atoms with Crippen LogP contribution in [-0.4, -0.2) is 49.1 Å². The molecule has 5 nitrogen and oxygen atoms in total. The molecule has 1 unspecified atom stereocenters. The van der Waals surface area contributed by atoms with Gasteiger partial charge >= 0.3 is 0 Å². The number of halogens is 2. The summed E-state index contributed by atoms with van der Waals surface area (Å²) in [6.07, 6.45) is 3.16. The van der Waals surface area contributed by atoms with Crippen molar-refractivity contribution in [3.8, 4) is 6.07 Å². The fourth-order valence-corrected chi connectivity index (χ4v) is 6.24. The Bertz CT molecular complexity index is 1100. The Kier molecular flexibility index (Phi) is 8.32. The van der Waals surface area contributed by atoms with Crippen molar-refractivity contribution in [2.45, 2.75) is 63.5 Å². The van der Waals surface area contributed by atoms with Gasteiger partial charge in [-0.05, 0) is 73.2 Å². The third-order valence-electron chi connectivity index (χ3n) is 7.49. The maximum atomic E-state index is 13.7. The summed E-state index contributed by atoms with van der Waals surface area (Å²) in [6, 6.07) is 16.9. The summed E-state index contributed by atoms with van der Waals surface area (Å²) < 4.78 is 0. The Morgan fingerprint density at radius 2 is 1.83 bits per heavy atom. The summed E-state index contributed by atoms with van der Waals surface area (Å²) >= 11 is 12.7. The van der Waals surface area contributed by atoms with Gasteiger partial charge in [0.05, 0.1) is 12.1 Å². The van der Waals surface area contributed by atoms with Crippen LogP contribution >= 0.6 is 23.2 Å². The maximum absolute atomic E-state index is 13.7. The molecular weight excluding hydrogens is 491 g/mol. The third kappa shape index (κ3) is 5.73. The Morgan fingerprint density at radius 3 is 2.44 bits per heavy atom. The van der Waals surface area contributed by atoms with E-state index in [1.54, 1.807) is 0 Å². The van der Waals surface area contributed by atoms with E-state index in [1.165, 1.54) is 12.8 Å². The highest BCUT2D eigenvalue weighted by molar-refractivity contribution is 6.30. The first-order chi connectivity index (χ1) is 17.1. The van der Waals surface area contributed by atoms with E-state index in [0.717, 1.165) is 37.2 Å². The molecule has 192 valence electrons. The lowest BCUT2D eigenvalue weighted by Gasteiger charge is -2.37. The van der Waals surface area contributed by atoms with E-state index < -0.39 is 17.4 Å². The van der Waals surface area contributed by atoms with Gasteiger partial charge in [-0.2, -0.15) is 5.26 Å². The lowest BCUT2D eigenvalue weighted by molar-refractivity contribution is -0.123. The van der Waals surface area contributed by atoms with Crippen molar-refractivity contribution in [1.29, 1.82) is 5.26 Å². The number of nitrogens with zero attached hydrogens (tertiary/aromatic N) is 2. The molecule has 0 radical (unpaired) electrons. The minimum absolute atomic E-state index is 0.0633. The molecule has 36 heavy (non-hydrogen) atoms. The highest BCUT2D eigenvalue weighted by atomic mass is 35.5. The van der Waals surface area contributed by atoms with Gasteiger partial charge in [0.15, 0.2) is 0 Å². The SMILES string of the molecule is CC(C)(C)CC1N[C@@H](C(=O)NCCN2CCCC2)[C@H](c2cccc(Cl)c2)[C@@]1(C#N)c1ccc(Cl)cc1. The number of carbonyl (C=O) groups is 1. The molecular formula is C29H36Cl2N4O. The average Bonchev–Trinajstić information content (AvgIpc) is 3.45. The van der Waals surface area contributed by atoms with Crippen LogP contribution in [-0.2, 0) is 10.2 Å². The van der Waals surface area contributed by atoms with Crippen molar-refractivity contribution in [3.63, 3.8) is 0 Å². The van der Waals surface area contributed by atoms with Gasteiger partial charge < -0.3 is 15.5 Å². The number of hydrogen-bond donors (Lipinski definition) is 2. The standard InChI is InChI=1S/C29H36Cl2N4O/c1-28(2,3)18-24-29(19-32,21-9-11-22(30)12-10-21)25(20-7-6-8-23(31)17-20)26(34-24)27(36)33-13-16-35-14-4-5-15-35/h6-12,17,24-26,34H,4-5,13-16,18H2,1-3H3,(H,33,36)/t24?,25-,26+,29-/m0/s1. The van der Waals surface area contributed by atoms with Crippen LogP contribution in [0.5, 0.6) is 0 Å². The number of amides is 1. The molecule has 4 atom stereocenters. The number of likely N-dealkylation sites (tertiary alicyclic amines) is 1. The molecule has 2 fully saturated rings. The van der Waals surface area contributed by atoms with E-state index in [-0.39, 0.29) is 17.4 Å². The first-order valence-electron chi connectivity index (χ1n) is 12.8. The van der Waals surface area contributed by atoms with Gasteiger partial charge in [0, 0.05) is 35.1 Å². The van der Waals surface area contributed by atoms with E-state index in [9.17, 15) is 10.1 Å². The zero-order chi connectivity index (χ0) is 25.9. The van der Waals surface area contributed by atoms with Gasteiger partial charge in [-0.25, -0.2) is 0 Å². The van der Waals surface area contributed by atoms with Crippen molar-refractivity contribution >= 4 is 29.1 Å². The molecule has 4 rings (SSSR count). The lowest BCUT2D eigenvalue weighted by atomic mass is 9.63. The van der Waals surface area contributed by atoms with Crippen LogP contribution in [0, 0.1) is 16.7 Å². The molecule has 2 aliphatic heterocycles. The van der Waals surface area contributed by atoms with Crippen molar-refractivity contribution in [2.24, 2.45) is 5.41 Å². The number of benzene rings is 2. The summed E-state index contributed by atoms with van der Waals surface area (Å²) in [5.74, 6) is -0.509. The maximum Gasteiger partial charge on any atom is 0.237 e. The normalized spacial score (nSPS) is 26.6. The predicted molar refractivity (Wildman–Crippen MR) is 146 cm³/mol. The molecule has 0 saturated carbocycles. The largest absolute Gasteiger partial charge is 0.353 e. The summed E-state index contributed by atoms with van der Waals surface area (Å²) in [7, 11) is 0. The van der Waals surface area contributed by atoms with Gasteiger partial charge in [-0.3, -0.25) is 4.79 Å². The van der Waals surface area contributed by atoms with Gasteiger partial charge in [0.25, 0.3) is 0 Å². The van der Waals surface area contributed by atoms with E-state index in [1.807, 2.05) is 48.5 Å². The van der Waals surface area contributed by atoms with E-state index >= 15 is 0 Å². The first-order valence-corrected chi connectivity index (χ1v) is 13.6. The van der Waals surface area contributed by atoms with Crippen LogP contribution in [0.4, 0.5) is 0 Å². The Labute approximate surface area is 225 Å². The Hall–Kier alpha value is -2.10. The molecule has 2 heterocycles. The predicted octanol–water partition coefficient (Wildman–Crippen LogP) is 5.53.